The molecular formula is C22H30ClN3O+2. The minimum atomic E-state index is 0.241. The zero-order chi connectivity index (χ0) is 19.2. The zero-order valence-electron chi connectivity index (χ0n) is 16.2. The molecule has 0 radical (unpaired) electrons. The molecule has 0 spiro atoms. The van der Waals surface area contributed by atoms with Crippen LogP contribution in [-0.2, 0) is 11.3 Å². The minimum absolute atomic E-state index is 0.241. The fourth-order valence-electron chi connectivity index (χ4n) is 3.64. The van der Waals surface area contributed by atoms with Crippen LogP contribution in [0.1, 0.15) is 29.7 Å². The van der Waals surface area contributed by atoms with Gasteiger partial charge in [-0.2, -0.15) is 0 Å². The normalized spacial score (nSPS) is 16.3. The summed E-state index contributed by atoms with van der Waals surface area (Å²) >= 11 is 5.94. The third-order valence-electron chi connectivity index (χ3n) is 5.57. The molecule has 0 unspecified atom stereocenters. The lowest BCUT2D eigenvalue weighted by atomic mass is 10.1. The zero-order valence-corrected chi connectivity index (χ0v) is 17.0. The number of hydrogen-bond donors (Lipinski definition) is 2. The van der Waals surface area contributed by atoms with Crippen molar-refractivity contribution >= 4 is 17.5 Å². The second-order valence-corrected chi connectivity index (χ2v) is 7.95. The van der Waals surface area contributed by atoms with Crippen molar-refractivity contribution in [2.45, 2.75) is 26.4 Å². The van der Waals surface area contributed by atoms with Gasteiger partial charge in [0.05, 0.1) is 26.2 Å². The third kappa shape index (κ3) is 5.55. The largest absolute Gasteiger partial charge is 0.333 e. The van der Waals surface area contributed by atoms with Gasteiger partial charge in [-0.05, 0) is 31.5 Å². The number of quaternary nitrogens is 2. The third-order valence-corrected chi connectivity index (χ3v) is 5.82. The van der Waals surface area contributed by atoms with Crippen LogP contribution in [0, 0.1) is 6.92 Å². The standard InChI is InChI=1S/C22H28ClN3O/c1-17-5-3-4-6-20(17)16-25-11-13-26(14-12-25)22(27)15-24-18(2)19-7-9-21(23)10-8-19/h3-10,18,24H,11-16H2,1-2H3/p+2/t18-/m0/s1. The number of rotatable bonds is 6. The Morgan fingerprint density at radius 1 is 1.15 bits per heavy atom. The van der Waals surface area contributed by atoms with Crippen molar-refractivity contribution in [1.29, 1.82) is 0 Å². The lowest BCUT2D eigenvalue weighted by Crippen LogP contribution is -3.13. The maximum absolute atomic E-state index is 12.6. The van der Waals surface area contributed by atoms with Gasteiger partial charge >= 0.3 is 0 Å². The van der Waals surface area contributed by atoms with Crippen LogP contribution in [0.4, 0.5) is 0 Å². The predicted octanol–water partition coefficient (Wildman–Crippen LogP) is 1.20. The fourth-order valence-corrected chi connectivity index (χ4v) is 3.76. The molecule has 1 aliphatic rings. The molecule has 3 rings (SSSR count). The number of carbonyl (C=O) groups is 1. The van der Waals surface area contributed by atoms with Crippen molar-refractivity contribution in [3.05, 3.63) is 70.2 Å². The maximum atomic E-state index is 12.6. The van der Waals surface area contributed by atoms with Crippen molar-refractivity contribution in [2.75, 3.05) is 32.7 Å². The summed E-state index contributed by atoms with van der Waals surface area (Å²) in [5.41, 5.74) is 3.96. The number of carbonyl (C=O) groups excluding carboxylic acids is 1. The Balaban J connectivity index is 1.43. The molecule has 1 saturated heterocycles. The first-order chi connectivity index (χ1) is 13.0. The lowest BCUT2D eigenvalue weighted by Gasteiger charge is -2.32. The van der Waals surface area contributed by atoms with E-state index in [9.17, 15) is 4.79 Å². The molecule has 1 atom stereocenters. The van der Waals surface area contributed by atoms with E-state index < -0.39 is 0 Å². The van der Waals surface area contributed by atoms with Gasteiger partial charge in [0.2, 0.25) is 0 Å². The maximum Gasteiger partial charge on any atom is 0.278 e. The minimum Gasteiger partial charge on any atom is -0.333 e. The summed E-state index contributed by atoms with van der Waals surface area (Å²) in [7, 11) is 0. The summed E-state index contributed by atoms with van der Waals surface area (Å²) in [5, 5.41) is 2.85. The molecule has 0 saturated carbocycles. The van der Waals surface area contributed by atoms with Crippen LogP contribution in [-0.4, -0.2) is 43.5 Å². The van der Waals surface area contributed by atoms with Crippen LogP contribution in [0.25, 0.3) is 0 Å². The van der Waals surface area contributed by atoms with E-state index in [2.05, 4.69) is 43.4 Å². The van der Waals surface area contributed by atoms with E-state index in [0.717, 1.165) is 37.7 Å². The highest BCUT2D eigenvalue weighted by Crippen LogP contribution is 2.13. The van der Waals surface area contributed by atoms with E-state index in [1.807, 2.05) is 29.2 Å². The van der Waals surface area contributed by atoms with E-state index in [0.29, 0.717) is 6.54 Å². The second-order valence-electron chi connectivity index (χ2n) is 7.51. The predicted molar refractivity (Wildman–Crippen MR) is 109 cm³/mol. The second kappa shape index (κ2) is 9.36. The molecule has 27 heavy (non-hydrogen) atoms. The van der Waals surface area contributed by atoms with Gasteiger partial charge in [-0.1, -0.05) is 48.0 Å². The summed E-state index contributed by atoms with van der Waals surface area (Å²) in [6.07, 6.45) is 0. The van der Waals surface area contributed by atoms with Crippen LogP contribution in [0.3, 0.4) is 0 Å². The summed E-state index contributed by atoms with van der Waals surface area (Å²) < 4.78 is 0. The molecule has 144 valence electrons. The first-order valence-electron chi connectivity index (χ1n) is 9.77. The van der Waals surface area contributed by atoms with Gasteiger partial charge in [0.1, 0.15) is 12.6 Å². The van der Waals surface area contributed by atoms with Crippen molar-refractivity contribution in [3.8, 4) is 0 Å². The number of aryl methyl sites for hydroxylation is 1. The van der Waals surface area contributed by atoms with Gasteiger partial charge in [-0.25, -0.2) is 0 Å². The van der Waals surface area contributed by atoms with Gasteiger partial charge < -0.3 is 15.1 Å². The molecular weight excluding hydrogens is 358 g/mol. The molecule has 0 aliphatic carbocycles. The van der Waals surface area contributed by atoms with Gasteiger partial charge in [0.25, 0.3) is 5.91 Å². The molecule has 5 heteroatoms. The van der Waals surface area contributed by atoms with Gasteiger partial charge in [0.15, 0.2) is 6.54 Å². The fraction of sp³-hybridized carbons (Fsp3) is 0.409. The number of benzene rings is 2. The van der Waals surface area contributed by atoms with Crippen LogP contribution >= 0.6 is 11.6 Å². The summed E-state index contributed by atoms with van der Waals surface area (Å²) in [6, 6.07) is 16.7. The Morgan fingerprint density at radius 2 is 1.81 bits per heavy atom. The Kier molecular flexibility index (Phi) is 6.89. The van der Waals surface area contributed by atoms with Crippen LogP contribution in [0.5, 0.6) is 0 Å². The smallest absolute Gasteiger partial charge is 0.278 e. The summed E-state index contributed by atoms with van der Waals surface area (Å²) in [6.45, 7) is 9.59. The van der Waals surface area contributed by atoms with E-state index >= 15 is 0 Å². The summed E-state index contributed by atoms with van der Waals surface area (Å²) in [4.78, 5) is 16.2. The van der Waals surface area contributed by atoms with Crippen molar-refractivity contribution in [2.24, 2.45) is 0 Å². The number of nitrogens with one attached hydrogen (secondary N) is 1. The number of nitrogens with zero attached hydrogens (tertiary/aromatic N) is 1. The molecule has 3 N–H and O–H groups in total. The Bertz CT molecular complexity index is 754. The molecule has 1 aliphatic heterocycles. The topological polar surface area (TPSA) is 41.4 Å². The quantitative estimate of drug-likeness (QED) is 0.768. The van der Waals surface area contributed by atoms with Crippen molar-refractivity contribution in [3.63, 3.8) is 0 Å². The summed E-state index contributed by atoms with van der Waals surface area (Å²) in [5.74, 6) is 0.241. The first kappa shape index (κ1) is 19.9. The lowest BCUT2D eigenvalue weighted by molar-refractivity contribution is -0.917. The Hall–Kier alpha value is -1.88. The highest BCUT2D eigenvalue weighted by Gasteiger charge is 2.25. The highest BCUT2D eigenvalue weighted by molar-refractivity contribution is 6.30. The molecule has 4 nitrogen and oxygen atoms in total. The van der Waals surface area contributed by atoms with Gasteiger partial charge in [-0.15, -0.1) is 0 Å². The monoisotopic (exact) mass is 387 g/mol. The average Bonchev–Trinajstić information content (AvgIpc) is 2.69. The number of amides is 1. The van der Waals surface area contributed by atoms with E-state index in [1.165, 1.54) is 16.7 Å². The SMILES string of the molecule is Cc1ccccc1C[NH+]1CCN(C(=O)C[NH2+][C@@H](C)c2ccc(Cl)cc2)CC1. The van der Waals surface area contributed by atoms with E-state index in [-0.39, 0.29) is 11.9 Å². The highest BCUT2D eigenvalue weighted by atomic mass is 35.5. The number of piperazine rings is 1. The van der Waals surface area contributed by atoms with Crippen LogP contribution in [0.2, 0.25) is 5.02 Å². The van der Waals surface area contributed by atoms with E-state index in [1.54, 1.807) is 4.90 Å². The van der Waals surface area contributed by atoms with E-state index in [4.69, 9.17) is 11.6 Å². The Morgan fingerprint density at radius 3 is 2.48 bits per heavy atom. The molecule has 2 aromatic carbocycles. The average molecular weight is 388 g/mol. The number of hydrogen-bond acceptors (Lipinski definition) is 1. The molecule has 2 aromatic rings. The molecule has 1 amide bonds. The van der Waals surface area contributed by atoms with Gasteiger partial charge in [-0.3, -0.25) is 4.79 Å². The molecule has 1 fully saturated rings. The van der Waals surface area contributed by atoms with Crippen LogP contribution < -0.4 is 10.2 Å². The first-order valence-corrected chi connectivity index (χ1v) is 10.2. The number of nitrogens with two attached hydrogens (primary N) is 1. The van der Waals surface area contributed by atoms with Crippen molar-refractivity contribution in [1.82, 2.24) is 4.90 Å². The Labute approximate surface area is 167 Å². The molecule has 1 heterocycles. The van der Waals surface area contributed by atoms with Crippen LogP contribution in [0.15, 0.2) is 48.5 Å². The molecule has 0 bridgehead atoms. The number of halogens is 1. The molecule has 0 aromatic heterocycles. The van der Waals surface area contributed by atoms with Crippen molar-refractivity contribution < 1.29 is 15.0 Å². The van der Waals surface area contributed by atoms with Gasteiger partial charge in [0, 0.05) is 16.1 Å².